The predicted octanol–water partition coefficient (Wildman–Crippen LogP) is 1.86. The number of amides is 1. The van der Waals surface area contributed by atoms with Crippen molar-refractivity contribution in [3.63, 3.8) is 0 Å². The maximum atomic E-state index is 11.5. The standard InChI is InChI=1S/C15H23NO3/c1-11(17)9-16-14(18)10-19-13-8-6-5-7-12(13)15(2,3)4/h5-8,11,17H,9-10H2,1-4H3,(H,16,18). The second-order valence-corrected chi connectivity index (χ2v) is 5.69. The van der Waals surface area contributed by atoms with E-state index in [4.69, 9.17) is 9.84 Å². The Labute approximate surface area is 114 Å². The fourth-order valence-corrected chi connectivity index (χ4v) is 1.67. The van der Waals surface area contributed by atoms with Gasteiger partial charge in [0.2, 0.25) is 0 Å². The first kappa shape index (κ1) is 15.5. The van der Waals surface area contributed by atoms with Crippen molar-refractivity contribution in [3.8, 4) is 5.75 Å². The number of hydrogen-bond acceptors (Lipinski definition) is 3. The largest absolute Gasteiger partial charge is 0.483 e. The Balaban J connectivity index is 2.61. The lowest BCUT2D eigenvalue weighted by atomic mass is 9.86. The number of aliphatic hydroxyl groups is 1. The quantitative estimate of drug-likeness (QED) is 0.854. The molecule has 0 saturated carbocycles. The maximum Gasteiger partial charge on any atom is 0.258 e. The minimum absolute atomic E-state index is 0.0350. The topological polar surface area (TPSA) is 58.6 Å². The van der Waals surface area contributed by atoms with Gasteiger partial charge in [-0.1, -0.05) is 39.0 Å². The summed E-state index contributed by atoms with van der Waals surface area (Å²) in [6, 6.07) is 7.71. The number of ether oxygens (including phenoxy) is 1. The molecule has 1 atom stereocenters. The van der Waals surface area contributed by atoms with Crippen LogP contribution in [-0.2, 0) is 10.2 Å². The average molecular weight is 265 g/mol. The van der Waals surface area contributed by atoms with Gasteiger partial charge in [-0.3, -0.25) is 4.79 Å². The van der Waals surface area contributed by atoms with Crippen molar-refractivity contribution in [2.24, 2.45) is 0 Å². The number of nitrogens with one attached hydrogen (secondary N) is 1. The highest BCUT2D eigenvalue weighted by Crippen LogP contribution is 2.30. The summed E-state index contributed by atoms with van der Waals surface area (Å²) in [6.07, 6.45) is -0.550. The molecule has 0 aliphatic heterocycles. The molecule has 1 aromatic rings. The van der Waals surface area contributed by atoms with E-state index in [1.807, 2.05) is 24.3 Å². The van der Waals surface area contributed by atoms with Crippen molar-refractivity contribution in [2.75, 3.05) is 13.2 Å². The predicted molar refractivity (Wildman–Crippen MR) is 75.3 cm³/mol. The Morgan fingerprint density at radius 1 is 1.37 bits per heavy atom. The summed E-state index contributed by atoms with van der Waals surface area (Å²) in [5.74, 6) is 0.492. The van der Waals surface area contributed by atoms with Gasteiger partial charge in [-0.25, -0.2) is 0 Å². The van der Waals surface area contributed by atoms with E-state index in [1.54, 1.807) is 6.92 Å². The van der Waals surface area contributed by atoms with Crippen LogP contribution in [0.1, 0.15) is 33.3 Å². The highest BCUT2D eigenvalue weighted by Gasteiger charge is 2.18. The molecule has 1 rings (SSSR count). The van der Waals surface area contributed by atoms with Crippen LogP contribution in [0.5, 0.6) is 5.75 Å². The van der Waals surface area contributed by atoms with Crippen LogP contribution in [0, 0.1) is 0 Å². The van der Waals surface area contributed by atoms with E-state index < -0.39 is 6.10 Å². The van der Waals surface area contributed by atoms with Gasteiger partial charge in [0.15, 0.2) is 6.61 Å². The van der Waals surface area contributed by atoms with Crippen molar-refractivity contribution in [2.45, 2.75) is 39.2 Å². The lowest BCUT2D eigenvalue weighted by Gasteiger charge is -2.22. The van der Waals surface area contributed by atoms with Crippen LogP contribution >= 0.6 is 0 Å². The number of carbonyl (C=O) groups is 1. The summed E-state index contributed by atoms with van der Waals surface area (Å²) in [7, 11) is 0. The molecule has 106 valence electrons. The number of rotatable bonds is 5. The van der Waals surface area contributed by atoms with Crippen LogP contribution in [0.2, 0.25) is 0 Å². The molecular formula is C15H23NO3. The van der Waals surface area contributed by atoms with Gasteiger partial charge >= 0.3 is 0 Å². The van der Waals surface area contributed by atoms with E-state index in [0.717, 1.165) is 11.3 Å². The summed E-state index contributed by atoms with van der Waals surface area (Å²) in [5, 5.41) is 11.7. The molecule has 0 spiro atoms. The molecule has 0 saturated heterocycles. The smallest absolute Gasteiger partial charge is 0.258 e. The fraction of sp³-hybridized carbons (Fsp3) is 0.533. The molecule has 0 bridgehead atoms. The van der Waals surface area contributed by atoms with E-state index in [0.29, 0.717) is 0 Å². The number of hydrogen-bond donors (Lipinski definition) is 2. The van der Waals surface area contributed by atoms with E-state index in [2.05, 4.69) is 26.1 Å². The SMILES string of the molecule is CC(O)CNC(=O)COc1ccccc1C(C)(C)C. The third-order valence-electron chi connectivity index (χ3n) is 2.65. The van der Waals surface area contributed by atoms with Gasteiger partial charge in [-0.05, 0) is 24.0 Å². The van der Waals surface area contributed by atoms with Gasteiger partial charge in [0.05, 0.1) is 6.10 Å². The van der Waals surface area contributed by atoms with E-state index >= 15 is 0 Å². The van der Waals surface area contributed by atoms with Crippen molar-refractivity contribution in [3.05, 3.63) is 29.8 Å². The van der Waals surface area contributed by atoms with Gasteiger partial charge < -0.3 is 15.2 Å². The Bertz CT molecular complexity index is 422. The maximum absolute atomic E-state index is 11.5. The molecule has 0 aromatic heterocycles. The molecule has 4 nitrogen and oxygen atoms in total. The molecule has 0 radical (unpaired) electrons. The lowest BCUT2D eigenvalue weighted by molar-refractivity contribution is -0.123. The van der Waals surface area contributed by atoms with Gasteiger partial charge in [0.25, 0.3) is 5.91 Å². The normalized spacial score (nSPS) is 12.9. The molecule has 0 heterocycles. The summed E-state index contributed by atoms with van der Waals surface area (Å²) in [6.45, 7) is 8.12. The first-order valence-corrected chi connectivity index (χ1v) is 6.48. The van der Waals surface area contributed by atoms with Crippen LogP contribution in [0.4, 0.5) is 0 Å². The average Bonchev–Trinajstić information content (AvgIpc) is 2.33. The molecule has 1 unspecified atom stereocenters. The summed E-state index contributed by atoms with van der Waals surface area (Å²) in [4.78, 5) is 11.5. The highest BCUT2D eigenvalue weighted by molar-refractivity contribution is 5.77. The van der Waals surface area contributed by atoms with E-state index in [9.17, 15) is 4.79 Å². The highest BCUT2D eigenvalue weighted by atomic mass is 16.5. The molecule has 0 fully saturated rings. The van der Waals surface area contributed by atoms with Gasteiger partial charge in [0, 0.05) is 6.54 Å². The van der Waals surface area contributed by atoms with Gasteiger partial charge in [-0.15, -0.1) is 0 Å². The zero-order valence-electron chi connectivity index (χ0n) is 12.1. The minimum Gasteiger partial charge on any atom is -0.483 e. The molecule has 4 heteroatoms. The Kier molecular flexibility index (Phi) is 5.36. The minimum atomic E-state index is -0.550. The van der Waals surface area contributed by atoms with Gasteiger partial charge in [0.1, 0.15) is 5.75 Å². The van der Waals surface area contributed by atoms with Crippen LogP contribution in [-0.4, -0.2) is 30.3 Å². The molecule has 1 aromatic carbocycles. The lowest BCUT2D eigenvalue weighted by Crippen LogP contribution is -2.34. The van der Waals surface area contributed by atoms with Gasteiger partial charge in [-0.2, -0.15) is 0 Å². The number of aliphatic hydroxyl groups excluding tert-OH is 1. The number of carbonyl (C=O) groups excluding carboxylic acids is 1. The molecular weight excluding hydrogens is 242 g/mol. The number of benzene rings is 1. The van der Waals surface area contributed by atoms with Crippen molar-refractivity contribution in [1.82, 2.24) is 5.32 Å². The molecule has 0 aliphatic carbocycles. The summed E-state index contributed by atoms with van der Waals surface area (Å²) < 4.78 is 5.56. The molecule has 0 aliphatic rings. The Hall–Kier alpha value is -1.55. The second kappa shape index (κ2) is 6.57. The first-order valence-electron chi connectivity index (χ1n) is 6.48. The van der Waals surface area contributed by atoms with Crippen LogP contribution in [0.25, 0.3) is 0 Å². The zero-order chi connectivity index (χ0) is 14.5. The third kappa shape index (κ3) is 5.30. The van der Waals surface area contributed by atoms with Crippen LogP contribution < -0.4 is 10.1 Å². The van der Waals surface area contributed by atoms with Crippen LogP contribution in [0.3, 0.4) is 0 Å². The second-order valence-electron chi connectivity index (χ2n) is 5.69. The Morgan fingerprint density at radius 3 is 2.58 bits per heavy atom. The zero-order valence-corrected chi connectivity index (χ0v) is 12.1. The first-order chi connectivity index (χ1) is 8.80. The summed E-state index contributed by atoms with van der Waals surface area (Å²) >= 11 is 0. The number of para-hydroxylation sites is 1. The van der Waals surface area contributed by atoms with Crippen molar-refractivity contribution >= 4 is 5.91 Å². The van der Waals surface area contributed by atoms with Crippen molar-refractivity contribution in [1.29, 1.82) is 0 Å². The van der Waals surface area contributed by atoms with Crippen molar-refractivity contribution < 1.29 is 14.6 Å². The monoisotopic (exact) mass is 265 g/mol. The third-order valence-corrected chi connectivity index (χ3v) is 2.65. The molecule has 19 heavy (non-hydrogen) atoms. The molecule has 2 N–H and O–H groups in total. The van der Waals surface area contributed by atoms with E-state index in [1.165, 1.54) is 0 Å². The summed E-state index contributed by atoms with van der Waals surface area (Å²) in [5.41, 5.74) is 1.03. The Morgan fingerprint density at radius 2 is 2.00 bits per heavy atom. The molecule has 1 amide bonds. The van der Waals surface area contributed by atoms with Crippen LogP contribution in [0.15, 0.2) is 24.3 Å². The van der Waals surface area contributed by atoms with E-state index in [-0.39, 0.29) is 24.5 Å². The fourth-order valence-electron chi connectivity index (χ4n) is 1.67.